The number of carbonyl (C=O) groups excluding carboxylic acids is 3. The monoisotopic (exact) mass is 469 g/mol. The average molecular weight is 470 g/mol. The molecular formula is C26H35N3O3S. The number of pyridine rings is 1. The fourth-order valence-electron chi connectivity index (χ4n) is 2.95. The molecule has 0 aliphatic carbocycles. The van der Waals surface area contributed by atoms with Crippen LogP contribution in [0.15, 0.2) is 59.8 Å². The van der Waals surface area contributed by atoms with Gasteiger partial charge in [-0.2, -0.15) is 0 Å². The van der Waals surface area contributed by atoms with Crippen LogP contribution in [0.2, 0.25) is 0 Å². The Morgan fingerprint density at radius 3 is 2.45 bits per heavy atom. The number of ketones is 1. The van der Waals surface area contributed by atoms with Crippen molar-refractivity contribution in [3.63, 3.8) is 0 Å². The molecule has 2 amide bonds. The van der Waals surface area contributed by atoms with E-state index >= 15 is 0 Å². The van der Waals surface area contributed by atoms with Gasteiger partial charge in [0.25, 0.3) is 5.91 Å². The van der Waals surface area contributed by atoms with Gasteiger partial charge in [0.05, 0.1) is 0 Å². The number of aromatic nitrogens is 1. The maximum absolute atomic E-state index is 12.5. The molecule has 1 aromatic rings. The molecular weight excluding hydrogens is 434 g/mol. The second-order valence-corrected chi connectivity index (χ2v) is 8.64. The van der Waals surface area contributed by atoms with Gasteiger partial charge < -0.3 is 10.2 Å². The molecule has 0 atom stereocenters. The molecule has 1 N–H and O–H groups in total. The lowest BCUT2D eigenvalue weighted by molar-refractivity contribution is -0.129. The predicted molar refractivity (Wildman–Crippen MR) is 137 cm³/mol. The summed E-state index contributed by atoms with van der Waals surface area (Å²) in [5.41, 5.74) is 3.04. The van der Waals surface area contributed by atoms with Crippen LogP contribution in [0.4, 0.5) is 0 Å². The fraction of sp³-hybridized carbons (Fsp3) is 0.385. The van der Waals surface area contributed by atoms with E-state index in [4.69, 9.17) is 0 Å². The van der Waals surface area contributed by atoms with Crippen LogP contribution >= 0.6 is 11.8 Å². The number of carbonyl (C=O) groups is 3. The first-order valence-electron chi connectivity index (χ1n) is 11.0. The second kappa shape index (κ2) is 14.3. The van der Waals surface area contributed by atoms with Crippen LogP contribution in [0, 0.1) is 0 Å². The summed E-state index contributed by atoms with van der Waals surface area (Å²) in [7, 11) is 0. The second-order valence-electron chi connectivity index (χ2n) is 7.68. The van der Waals surface area contributed by atoms with Crippen molar-refractivity contribution >= 4 is 34.3 Å². The molecule has 1 rings (SSSR count). The van der Waals surface area contributed by atoms with Crippen molar-refractivity contribution in [3.05, 3.63) is 71.1 Å². The SMILES string of the molecule is C=C(C(C)=O)/C(=C\C)NC(=O)/C(C)=C/SC(=C)c1ccnc(CCCN(CCC)C(C)=O)c1. The van der Waals surface area contributed by atoms with Gasteiger partial charge in [-0.15, -0.1) is 0 Å². The topological polar surface area (TPSA) is 79.4 Å². The van der Waals surface area contributed by atoms with Crippen molar-refractivity contribution in [3.8, 4) is 0 Å². The lowest BCUT2D eigenvalue weighted by atomic mass is 10.1. The Balaban J connectivity index is 2.71. The van der Waals surface area contributed by atoms with Crippen molar-refractivity contribution in [1.82, 2.24) is 15.2 Å². The molecule has 1 heterocycles. The van der Waals surface area contributed by atoms with E-state index in [1.165, 1.54) is 18.7 Å². The molecule has 0 aromatic carbocycles. The minimum Gasteiger partial charge on any atom is -0.343 e. The van der Waals surface area contributed by atoms with Gasteiger partial charge in [0, 0.05) is 53.7 Å². The van der Waals surface area contributed by atoms with Crippen molar-refractivity contribution in [2.75, 3.05) is 13.1 Å². The molecule has 0 saturated carbocycles. The van der Waals surface area contributed by atoms with Gasteiger partial charge in [-0.1, -0.05) is 37.9 Å². The van der Waals surface area contributed by atoms with Crippen molar-refractivity contribution in [2.24, 2.45) is 0 Å². The van der Waals surface area contributed by atoms with Gasteiger partial charge >= 0.3 is 0 Å². The quantitative estimate of drug-likeness (QED) is 0.323. The summed E-state index contributed by atoms with van der Waals surface area (Å²) in [6, 6.07) is 3.88. The fourth-order valence-corrected chi connectivity index (χ4v) is 3.64. The van der Waals surface area contributed by atoms with Crippen LogP contribution < -0.4 is 5.32 Å². The molecule has 0 fully saturated rings. The van der Waals surface area contributed by atoms with Gasteiger partial charge in [-0.25, -0.2) is 0 Å². The molecule has 1 aromatic heterocycles. The summed E-state index contributed by atoms with van der Waals surface area (Å²) in [4.78, 5) is 42.7. The summed E-state index contributed by atoms with van der Waals surface area (Å²) in [6.07, 6.45) is 5.95. The lowest BCUT2D eigenvalue weighted by Crippen LogP contribution is -2.30. The van der Waals surface area contributed by atoms with Crippen molar-refractivity contribution < 1.29 is 14.4 Å². The number of rotatable bonds is 13. The third kappa shape index (κ3) is 9.61. The Labute approximate surface area is 201 Å². The number of Topliss-reactive ketones (excluding diaryl/α,β-unsaturated/α-hetero) is 1. The summed E-state index contributed by atoms with van der Waals surface area (Å²) < 4.78 is 0. The molecule has 33 heavy (non-hydrogen) atoms. The maximum Gasteiger partial charge on any atom is 0.251 e. The number of nitrogens with zero attached hydrogens (tertiary/aromatic N) is 2. The molecule has 178 valence electrons. The number of thioether (sulfide) groups is 1. The van der Waals surface area contributed by atoms with Crippen LogP contribution in [0.3, 0.4) is 0 Å². The van der Waals surface area contributed by atoms with Gasteiger partial charge in [-0.05, 0) is 63.1 Å². The number of nitrogens with one attached hydrogen (secondary N) is 1. The zero-order valence-electron chi connectivity index (χ0n) is 20.4. The summed E-state index contributed by atoms with van der Waals surface area (Å²) in [5, 5.41) is 4.46. The lowest BCUT2D eigenvalue weighted by Gasteiger charge is -2.20. The molecule has 0 aliphatic rings. The van der Waals surface area contributed by atoms with Crippen LogP contribution in [-0.4, -0.2) is 40.6 Å². The van der Waals surface area contributed by atoms with E-state index in [0.717, 1.165) is 42.0 Å². The van der Waals surface area contributed by atoms with E-state index in [9.17, 15) is 14.4 Å². The number of hydrogen-bond donors (Lipinski definition) is 1. The average Bonchev–Trinajstić information content (AvgIpc) is 2.79. The van der Waals surface area contributed by atoms with E-state index in [0.29, 0.717) is 17.8 Å². The number of allylic oxidation sites excluding steroid dienone is 2. The number of amides is 2. The molecule has 7 heteroatoms. The van der Waals surface area contributed by atoms with Crippen molar-refractivity contribution in [1.29, 1.82) is 0 Å². The first-order valence-corrected chi connectivity index (χ1v) is 11.9. The third-order valence-corrected chi connectivity index (χ3v) is 5.95. The highest BCUT2D eigenvalue weighted by Crippen LogP contribution is 2.28. The standard InChI is InChI=1S/C26H35N3O3S/c1-8-14-29(22(7)31)15-10-11-24-16-23(12-13-27-24)21(6)33-17-18(3)26(32)28-25(9-2)19(4)20(5)30/h9,12-13,16-17H,4,6,8,10-11,14-15H2,1-3,5,7H3,(H,28,32)/b18-17+,25-9+. The van der Waals surface area contributed by atoms with Gasteiger partial charge in [-0.3, -0.25) is 19.4 Å². The summed E-state index contributed by atoms with van der Waals surface area (Å²) in [6.45, 7) is 17.8. The summed E-state index contributed by atoms with van der Waals surface area (Å²) in [5.74, 6) is -0.398. The minimum atomic E-state index is -0.302. The van der Waals surface area contributed by atoms with Crippen LogP contribution in [0.25, 0.3) is 4.91 Å². The Kier molecular flexibility index (Phi) is 12.1. The largest absolute Gasteiger partial charge is 0.343 e. The Hall–Kier alpha value is -2.93. The number of hydrogen-bond acceptors (Lipinski definition) is 5. The predicted octanol–water partition coefficient (Wildman–Crippen LogP) is 5.05. The molecule has 6 nitrogen and oxygen atoms in total. The first kappa shape index (κ1) is 28.1. The zero-order valence-corrected chi connectivity index (χ0v) is 21.2. The highest BCUT2D eigenvalue weighted by atomic mass is 32.2. The van der Waals surface area contributed by atoms with Crippen LogP contribution in [0.1, 0.15) is 58.7 Å². The molecule has 0 saturated heterocycles. The molecule has 0 spiro atoms. The highest BCUT2D eigenvalue weighted by molar-refractivity contribution is 8.10. The van der Waals surface area contributed by atoms with E-state index < -0.39 is 0 Å². The van der Waals surface area contributed by atoms with Crippen LogP contribution in [-0.2, 0) is 20.8 Å². The normalized spacial score (nSPS) is 11.7. The Morgan fingerprint density at radius 1 is 1.18 bits per heavy atom. The molecule has 0 aliphatic heterocycles. The smallest absolute Gasteiger partial charge is 0.251 e. The molecule has 0 unspecified atom stereocenters. The van der Waals surface area contributed by atoms with Gasteiger partial charge in [0.1, 0.15) is 0 Å². The van der Waals surface area contributed by atoms with E-state index in [1.54, 1.807) is 38.5 Å². The Morgan fingerprint density at radius 2 is 1.88 bits per heavy atom. The Bertz CT molecular complexity index is 963. The molecule has 0 bridgehead atoms. The highest BCUT2D eigenvalue weighted by Gasteiger charge is 2.12. The zero-order chi connectivity index (χ0) is 25.0. The summed E-state index contributed by atoms with van der Waals surface area (Å²) >= 11 is 1.36. The van der Waals surface area contributed by atoms with E-state index in [2.05, 4.69) is 30.4 Å². The van der Waals surface area contributed by atoms with Gasteiger partial charge in [0.2, 0.25) is 5.91 Å². The molecule has 0 radical (unpaired) electrons. The number of aryl methyl sites for hydroxylation is 1. The van der Waals surface area contributed by atoms with E-state index in [-0.39, 0.29) is 23.2 Å². The first-order chi connectivity index (χ1) is 15.6. The minimum absolute atomic E-state index is 0.0988. The van der Waals surface area contributed by atoms with Gasteiger partial charge in [0.15, 0.2) is 5.78 Å². The van der Waals surface area contributed by atoms with Crippen molar-refractivity contribution in [2.45, 2.75) is 53.9 Å². The maximum atomic E-state index is 12.5. The third-order valence-electron chi connectivity index (χ3n) is 4.96. The van der Waals surface area contributed by atoms with Crippen LogP contribution in [0.5, 0.6) is 0 Å². The van der Waals surface area contributed by atoms with E-state index in [1.807, 2.05) is 17.0 Å².